The maximum Gasteiger partial charge on any atom is 0.120 e. The van der Waals surface area contributed by atoms with Gasteiger partial charge in [0, 0.05) is 26.2 Å². The minimum Gasteiger partial charge on any atom is -0.463 e. The summed E-state index contributed by atoms with van der Waals surface area (Å²) in [6, 6.07) is 2.92. The van der Waals surface area contributed by atoms with E-state index in [1.807, 2.05) is 0 Å². The minimum atomic E-state index is 0.395. The molecule has 19 heavy (non-hydrogen) atoms. The Morgan fingerprint density at radius 1 is 1.42 bits per heavy atom. The van der Waals surface area contributed by atoms with Crippen LogP contribution in [0.15, 0.2) is 10.5 Å². The first kappa shape index (κ1) is 13.2. The van der Waals surface area contributed by atoms with Gasteiger partial charge in [-0.15, -0.1) is 0 Å². The quantitative estimate of drug-likeness (QED) is 0.853. The Morgan fingerprint density at radius 2 is 2.26 bits per heavy atom. The third-order valence-corrected chi connectivity index (χ3v) is 4.14. The Balaban J connectivity index is 1.54. The molecule has 2 aliphatic rings. The summed E-state index contributed by atoms with van der Waals surface area (Å²) in [6.07, 6.45) is 4.16. The van der Waals surface area contributed by atoms with Gasteiger partial charge in [0.25, 0.3) is 0 Å². The highest BCUT2D eigenvalue weighted by Crippen LogP contribution is 2.22. The summed E-state index contributed by atoms with van der Waals surface area (Å²) in [7, 11) is 1.80. The van der Waals surface area contributed by atoms with Crippen LogP contribution in [-0.4, -0.2) is 37.2 Å². The van der Waals surface area contributed by atoms with E-state index in [1.54, 1.807) is 7.11 Å². The number of hydrogen-bond donors (Lipinski definition) is 1. The number of ether oxygens (including phenoxy) is 1. The van der Waals surface area contributed by atoms with Crippen molar-refractivity contribution in [3.8, 4) is 0 Å². The Labute approximate surface area is 115 Å². The van der Waals surface area contributed by atoms with Gasteiger partial charge in [-0.25, -0.2) is 0 Å². The maximum atomic E-state index is 5.98. The first-order chi connectivity index (χ1) is 9.24. The average Bonchev–Trinajstić information content (AvgIpc) is 3.01. The molecular formula is C15H24N2O2. The summed E-state index contributed by atoms with van der Waals surface area (Å²) in [6.45, 7) is 6.04. The van der Waals surface area contributed by atoms with Crippen LogP contribution in [-0.2, 0) is 17.8 Å². The van der Waals surface area contributed by atoms with Gasteiger partial charge < -0.3 is 14.5 Å². The second-order valence-electron chi connectivity index (χ2n) is 5.86. The molecule has 1 saturated heterocycles. The lowest BCUT2D eigenvalue weighted by Crippen LogP contribution is -2.22. The summed E-state index contributed by atoms with van der Waals surface area (Å²) in [5.41, 5.74) is 1.27. The van der Waals surface area contributed by atoms with E-state index in [-0.39, 0.29) is 0 Å². The molecule has 0 radical (unpaired) electrons. The Morgan fingerprint density at radius 3 is 2.95 bits per heavy atom. The van der Waals surface area contributed by atoms with Crippen LogP contribution in [0.2, 0.25) is 0 Å². The fourth-order valence-electron chi connectivity index (χ4n) is 2.72. The number of hydrogen-bond acceptors (Lipinski definition) is 4. The molecule has 1 aromatic heterocycles. The maximum absolute atomic E-state index is 5.98. The molecular weight excluding hydrogens is 240 g/mol. The second-order valence-corrected chi connectivity index (χ2v) is 5.86. The smallest absolute Gasteiger partial charge is 0.120 e. The molecule has 1 atom stereocenters. The summed E-state index contributed by atoms with van der Waals surface area (Å²) >= 11 is 0. The number of likely N-dealkylation sites (tertiary alicyclic amines) is 1. The monoisotopic (exact) mass is 264 g/mol. The van der Waals surface area contributed by atoms with E-state index < -0.39 is 0 Å². The van der Waals surface area contributed by atoms with E-state index in [1.165, 1.54) is 18.4 Å². The van der Waals surface area contributed by atoms with E-state index in [4.69, 9.17) is 9.15 Å². The standard InChI is InChI=1S/C15H24N2O2/c1-11-7-14(10-17-6-5-13(9-17)18-2)19-15(11)8-16-12-3-4-12/h7,12-13,16H,3-6,8-10H2,1-2H3. The highest BCUT2D eigenvalue weighted by Gasteiger charge is 2.24. The molecule has 2 fully saturated rings. The first-order valence-corrected chi connectivity index (χ1v) is 7.31. The van der Waals surface area contributed by atoms with Crippen molar-refractivity contribution >= 4 is 0 Å². The van der Waals surface area contributed by atoms with Crippen molar-refractivity contribution in [1.29, 1.82) is 0 Å². The fourth-order valence-corrected chi connectivity index (χ4v) is 2.72. The van der Waals surface area contributed by atoms with Crippen LogP contribution in [0.25, 0.3) is 0 Å². The molecule has 1 unspecified atom stereocenters. The van der Waals surface area contributed by atoms with E-state index in [9.17, 15) is 0 Å². The second kappa shape index (κ2) is 5.65. The number of furan rings is 1. The van der Waals surface area contributed by atoms with Crippen LogP contribution in [0.5, 0.6) is 0 Å². The van der Waals surface area contributed by atoms with Gasteiger partial charge in [0.05, 0.1) is 19.2 Å². The zero-order valence-corrected chi connectivity index (χ0v) is 11.9. The van der Waals surface area contributed by atoms with Crippen LogP contribution in [0.1, 0.15) is 36.3 Å². The highest BCUT2D eigenvalue weighted by molar-refractivity contribution is 5.20. The van der Waals surface area contributed by atoms with Crippen molar-refractivity contribution in [1.82, 2.24) is 10.2 Å². The van der Waals surface area contributed by atoms with E-state index in [2.05, 4.69) is 23.2 Å². The van der Waals surface area contributed by atoms with Crippen LogP contribution in [0.4, 0.5) is 0 Å². The number of aryl methyl sites for hydroxylation is 1. The summed E-state index contributed by atoms with van der Waals surface area (Å²) < 4.78 is 11.4. The zero-order chi connectivity index (χ0) is 13.2. The number of nitrogens with zero attached hydrogens (tertiary/aromatic N) is 1. The Kier molecular flexibility index (Phi) is 3.91. The molecule has 0 amide bonds. The lowest BCUT2D eigenvalue weighted by Gasteiger charge is -2.13. The minimum absolute atomic E-state index is 0.395. The third-order valence-electron chi connectivity index (χ3n) is 4.14. The van der Waals surface area contributed by atoms with E-state index in [0.29, 0.717) is 6.10 Å². The molecule has 0 aromatic carbocycles. The lowest BCUT2D eigenvalue weighted by molar-refractivity contribution is 0.106. The van der Waals surface area contributed by atoms with E-state index in [0.717, 1.165) is 50.2 Å². The lowest BCUT2D eigenvalue weighted by atomic mass is 10.2. The van der Waals surface area contributed by atoms with Crippen LogP contribution in [0, 0.1) is 6.92 Å². The Bertz CT molecular complexity index is 426. The van der Waals surface area contributed by atoms with Crippen molar-refractivity contribution < 1.29 is 9.15 Å². The molecule has 4 heteroatoms. The topological polar surface area (TPSA) is 37.6 Å². The van der Waals surface area contributed by atoms with Gasteiger partial charge in [-0.2, -0.15) is 0 Å². The van der Waals surface area contributed by atoms with Gasteiger partial charge in [-0.1, -0.05) is 0 Å². The molecule has 0 bridgehead atoms. The number of methoxy groups -OCH3 is 1. The van der Waals surface area contributed by atoms with Crippen molar-refractivity contribution in [2.45, 2.75) is 51.4 Å². The van der Waals surface area contributed by atoms with E-state index >= 15 is 0 Å². The largest absolute Gasteiger partial charge is 0.463 e. The molecule has 3 rings (SSSR count). The number of nitrogens with one attached hydrogen (secondary N) is 1. The van der Waals surface area contributed by atoms with Crippen molar-refractivity contribution in [2.75, 3.05) is 20.2 Å². The molecule has 2 heterocycles. The number of rotatable bonds is 6. The van der Waals surface area contributed by atoms with Crippen LogP contribution < -0.4 is 5.32 Å². The molecule has 1 aliphatic carbocycles. The third kappa shape index (κ3) is 3.38. The molecule has 106 valence electrons. The molecule has 1 N–H and O–H groups in total. The molecule has 1 saturated carbocycles. The molecule has 0 spiro atoms. The van der Waals surface area contributed by atoms with Gasteiger partial charge in [0.1, 0.15) is 11.5 Å². The predicted molar refractivity (Wildman–Crippen MR) is 74.0 cm³/mol. The summed E-state index contributed by atoms with van der Waals surface area (Å²) in [5.74, 6) is 2.19. The summed E-state index contributed by atoms with van der Waals surface area (Å²) in [5, 5.41) is 3.51. The molecule has 4 nitrogen and oxygen atoms in total. The molecule has 1 aromatic rings. The van der Waals surface area contributed by atoms with Gasteiger partial charge in [-0.05, 0) is 37.8 Å². The van der Waals surface area contributed by atoms with Gasteiger partial charge >= 0.3 is 0 Å². The van der Waals surface area contributed by atoms with Gasteiger partial charge in [0.2, 0.25) is 0 Å². The zero-order valence-electron chi connectivity index (χ0n) is 11.9. The average molecular weight is 264 g/mol. The first-order valence-electron chi connectivity index (χ1n) is 7.31. The highest BCUT2D eigenvalue weighted by atomic mass is 16.5. The van der Waals surface area contributed by atoms with Crippen molar-refractivity contribution in [3.05, 3.63) is 23.2 Å². The molecule has 1 aliphatic heterocycles. The van der Waals surface area contributed by atoms with Gasteiger partial charge in [0.15, 0.2) is 0 Å². The normalized spacial score (nSPS) is 24.2. The fraction of sp³-hybridized carbons (Fsp3) is 0.733. The van der Waals surface area contributed by atoms with Gasteiger partial charge in [-0.3, -0.25) is 4.90 Å². The van der Waals surface area contributed by atoms with Crippen molar-refractivity contribution in [3.63, 3.8) is 0 Å². The SMILES string of the molecule is COC1CCN(Cc2cc(C)c(CNC3CC3)o2)C1. The predicted octanol–water partition coefficient (Wildman–Crippen LogP) is 2.06. The Hall–Kier alpha value is -0.840. The summed E-state index contributed by atoms with van der Waals surface area (Å²) in [4.78, 5) is 2.41. The van der Waals surface area contributed by atoms with Crippen LogP contribution >= 0.6 is 0 Å². The van der Waals surface area contributed by atoms with Crippen LogP contribution in [0.3, 0.4) is 0 Å². The van der Waals surface area contributed by atoms with Crippen molar-refractivity contribution in [2.24, 2.45) is 0 Å².